The monoisotopic (exact) mass is 242 g/mol. The summed E-state index contributed by atoms with van der Waals surface area (Å²) in [7, 11) is 0. The maximum absolute atomic E-state index is 13.2. The van der Waals surface area contributed by atoms with E-state index in [2.05, 4.69) is 0 Å². The molecule has 2 unspecified atom stereocenters. The number of hydrogen-bond acceptors (Lipinski definition) is 2. The lowest BCUT2D eigenvalue weighted by atomic mass is 10.2. The van der Waals surface area contributed by atoms with Crippen LogP contribution >= 0.6 is 0 Å². The van der Waals surface area contributed by atoms with Crippen molar-refractivity contribution in [1.82, 2.24) is 0 Å². The third-order valence-electron chi connectivity index (χ3n) is 3.21. The van der Waals surface area contributed by atoms with Crippen molar-refractivity contribution in [2.24, 2.45) is 11.8 Å². The van der Waals surface area contributed by atoms with Crippen molar-refractivity contribution in [3.05, 3.63) is 35.9 Å². The van der Waals surface area contributed by atoms with E-state index in [0.717, 1.165) is 5.56 Å². The molecule has 0 heterocycles. The Hall–Kier alpha value is -1.00. The summed E-state index contributed by atoms with van der Waals surface area (Å²) in [6, 6.07) is 9.47. The Balaban J connectivity index is 1.73. The van der Waals surface area contributed by atoms with Gasteiger partial charge in [0, 0.05) is 12.5 Å². The number of aliphatic hydroxyl groups is 1. The van der Waals surface area contributed by atoms with Crippen LogP contribution in [0.1, 0.15) is 12.0 Å². The van der Waals surface area contributed by atoms with E-state index in [9.17, 15) is 8.78 Å². The van der Waals surface area contributed by atoms with Gasteiger partial charge in [-0.3, -0.25) is 0 Å². The molecule has 1 N–H and O–H groups in total. The van der Waals surface area contributed by atoms with E-state index in [1.165, 1.54) is 0 Å². The van der Waals surface area contributed by atoms with Crippen molar-refractivity contribution in [3.63, 3.8) is 0 Å². The molecule has 1 aliphatic carbocycles. The van der Waals surface area contributed by atoms with Gasteiger partial charge in [0.05, 0.1) is 19.1 Å². The van der Waals surface area contributed by atoms with Crippen molar-refractivity contribution in [2.75, 3.05) is 13.2 Å². The summed E-state index contributed by atoms with van der Waals surface area (Å²) in [4.78, 5) is 0. The Kier molecular flexibility index (Phi) is 3.74. The number of benzene rings is 1. The van der Waals surface area contributed by atoms with Crippen LogP contribution in [-0.4, -0.2) is 24.2 Å². The number of rotatable bonds is 6. The van der Waals surface area contributed by atoms with Crippen LogP contribution < -0.4 is 0 Å². The van der Waals surface area contributed by atoms with Crippen LogP contribution in [0, 0.1) is 11.8 Å². The van der Waals surface area contributed by atoms with Gasteiger partial charge in [0.15, 0.2) is 0 Å². The largest absolute Gasteiger partial charge is 0.396 e. The van der Waals surface area contributed by atoms with Crippen LogP contribution in [0.5, 0.6) is 0 Å². The molecule has 0 amide bonds. The first-order valence-electron chi connectivity index (χ1n) is 5.76. The molecule has 0 radical (unpaired) electrons. The van der Waals surface area contributed by atoms with Gasteiger partial charge in [-0.25, -0.2) is 8.78 Å². The molecule has 17 heavy (non-hydrogen) atoms. The molecule has 0 bridgehead atoms. The molecule has 2 atom stereocenters. The molecule has 0 saturated heterocycles. The second-order valence-corrected chi connectivity index (χ2v) is 4.40. The quantitative estimate of drug-likeness (QED) is 0.830. The molecule has 94 valence electrons. The normalized spacial score (nSPS) is 25.8. The van der Waals surface area contributed by atoms with Gasteiger partial charge in [-0.1, -0.05) is 30.3 Å². The molecule has 0 spiro atoms. The molecule has 2 nitrogen and oxygen atoms in total. The molecule has 1 aromatic carbocycles. The van der Waals surface area contributed by atoms with Crippen molar-refractivity contribution in [2.45, 2.75) is 19.0 Å². The van der Waals surface area contributed by atoms with E-state index in [4.69, 9.17) is 9.84 Å². The first-order valence-corrected chi connectivity index (χ1v) is 5.76. The van der Waals surface area contributed by atoms with E-state index in [-0.39, 0.29) is 19.6 Å². The molecule has 2 rings (SSSR count). The van der Waals surface area contributed by atoms with Gasteiger partial charge in [0.25, 0.3) is 5.92 Å². The first kappa shape index (κ1) is 12.5. The van der Waals surface area contributed by atoms with E-state index >= 15 is 0 Å². The first-order chi connectivity index (χ1) is 8.16. The number of aliphatic hydroxyl groups excluding tert-OH is 1. The van der Waals surface area contributed by atoms with Crippen molar-refractivity contribution in [1.29, 1.82) is 0 Å². The van der Waals surface area contributed by atoms with Gasteiger partial charge in [-0.05, 0) is 12.0 Å². The highest BCUT2D eigenvalue weighted by atomic mass is 19.3. The minimum atomic E-state index is -2.65. The number of ether oxygens (including phenoxy) is 1. The molecule has 4 heteroatoms. The van der Waals surface area contributed by atoms with Crippen LogP contribution in [0.3, 0.4) is 0 Å². The third kappa shape index (κ3) is 2.82. The number of halogens is 2. The van der Waals surface area contributed by atoms with Gasteiger partial charge in [-0.2, -0.15) is 0 Å². The molecule has 1 aliphatic rings. The summed E-state index contributed by atoms with van der Waals surface area (Å²) in [5.41, 5.74) is 0.982. The highest BCUT2D eigenvalue weighted by molar-refractivity contribution is 5.13. The number of hydrogen-bond donors (Lipinski definition) is 1. The van der Waals surface area contributed by atoms with E-state index in [1.807, 2.05) is 30.3 Å². The minimum Gasteiger partial charge on any atom is -0.396 e. The second-order valence-electron chi connectivity index (χ2n) is 4.40. The van der Waals surface area contributed by atoms with E-state index < -0.39 is 17.8 Å². The van der Waals surface area contributed by atoms with Crippen molar-refractivity contribution in [3.8, 4) is 0 Å². The minimum absolute atomic E-state index is 0.0621. The zero-order valence-electron chi connectivity index (χ0n) is 9.48. The van der Waals surface area contributed by atoms with Gasteiger partial charge < -0.3 is 9.84 Å². The number of alkyl halides is 2. The fourth-order valence-electron chi connectivity index (χ4n) is 2.10. The molecule has 0 aliphatic heterocycles. The highest BCUT2D eigenvalue weighted by Crippen LogP contribution is 2.56. The van der Waals surface area contributed by atoms with Gasteiger partial charge in [0.2, 0.25) is 0 Å². The Morgan fingerprint density at radius 3 is 2.53 bits per heavy atom. The summed E-state index contributed by atoms with van der Waals surface area (Å²) in [5, 5.41) is 8.66. The highest BCUT2D eigenvalue weighted by Gasteiger charge is 2.67. The fraction of sp³-hybridized carbons (Fsp3) is 0.538. The average Bonchev–Trinajstić information content (AvgIpc) is 2.83. The smallest absolute Gasteiger partial charge is 0.257 e. The SMILES string of the molecule is OCCC1C(COCc2ccccc2)C1(F)F. The molecule has 0 aromatic heterocycles. The van der Waals surface area contributed by atoms with Crippen molar-refractivity contribution >= 4 is 0 Å². The zero-order valence-corrected chi connectivity index (χ0v) is 9.48. The Morgan fingerprint density at radius 1 is 1.18 bits per heavy atom. The lowest BCUT2D eigenvalue weighted by molar-refractivity contribution is 0.0451. The predicted octanol–water partition coefficient (Wildman–Crippen LogP) is 2.47. The lowest BCUT2D eigenvalue weighted by Gasteiger charge is -2.03. The van der Waals surface area contributed by atoms with E-state index in [0.29, 0.717) is 6.61 Å². The molecule has 1 saturated carbocycles. The summed E-state index contributed by atoms with van der Waals surface area (Å²) in [6.07, 6.45) is 0.159. The second kappa shape index (κ2) is 5.10. The zero-order chi connectivity index (χ0) is 12.3. The van der Waals surface area contributed by atoms with Crippen LogP contribution in [0.15, 0.2) is 30.3 Å². The molecular weight excluding hydrogens is 226 g/mol. The fourth-order valence-corrected chi connectivity index (χ4v) is 2.10. The molecular formula is C13H16F2O2. The standard InChI is InChI=1S/C13H16F2O2/c14-13(15)11(6-7-16)12(13)9-17-8-10-4-2-1-3-5-10/h1-5,11-12,16H,6-9H2. The molecule has 1 aromatic rings. The third-order valence-corrected chi connectivity index (χ3v) is 3.21. The Bertz CT molecular complexity index is 354. The lowest BCUT2D eigenvalue weighted by Crippen LogP contribution is -2.03. The molecule has 1 fully saturated rings. The van der Waals surface area contributed by atoms with Crippen LogP contribution in [0.25, 0.3) is 0 Å². The van der Waals surface area contributed by atoms with E-state index in [1.54, 1.807) is 0 Å². The van der Waals surface area contributed by atoms with Gasteiger partial charge in [-0.15, -0.1) is 0 Å². The average molecular weight is 242 g/mol. The summed E-state index contributed by atoms with van der Waals surface area (Å²) in [5.74, 6) is -4.08. The van der Waals surface area contributed by atoms with Crippen LogP contribution in [0.4, 0.5) is 8.78 Å². The summed E-state index contributed by atoms with van der Waals surface area (Å²) in [6.45, 7) is 0.237. The maximum Gasteiger partial charge on any atom is 0.257 e. The van der Waals surface area contributed by atoms with Gasteiger partial charge in [0.1, 0.15) is 0 Å². The van der Waals surface area contributed by atoms with Crippen LogP contribution in [0.2, 0.25) is 0 Å². The van der Waals surface area contributed by atoms with Gasteiger partial charge >= 0.3 is 0 Å². The Morgan fingerprint density at radius 2 is 1.88 bits per heavy atom. The Labute approximate surface area is 99.2 Å². The van der Waals surface area contributed by atoms with Crippen molar-refractivity contribution < 1.29 is 18.6 Å². The predicted molar refractivity (Wildman–Crippen MR) is 59.7 cm³/mol. The summed E-state index contributed by atoms with van der Waals surface area (Å²) >= 11 is 0. The summed E-state index contributed by atoms with van der Waals surface area (Å²) < 4.78 is 31.7. The topological polar surface area (TPSA) is 29.5 Å². The maximum atomic E-state index is 13.2. The van der Waals surface area contributed by atoms with Crippen LogP contribution in [-0.2, 0) is 11.3 Å².